The summed E-state index contributed by atoms with van der Waals surface area (Å²) in [5, 5.41) is 5.08. The van der Waals surface area contributed by atoms with Crippen LogP contribution < -0.4 is 21.1 Å². The number of hydrogen-bond acceptors (Lipinski definition) is 3. The van der Waals surface area contributed by atoms with Gasteiger partial charge >= 0.3 is 6.03 Å². The minimum Gasteiger partial charge on any atom is -0.479 e. The highest BCUT2D eigenvalue weighted by Gasteiger charge is 2.23. The van der Waals surface area contributed by atoms with Crippen LogP contribution >= 0.6 is 0 Å². The van der Waals surface area contributed by atoms with Crippen LogP contribution in [0.15, 0.2) is 18.2 Å². The van der Waals surface area contributed by atoms with Crippen LogP contribution in [0.5, 0.6) is 5.75 Å². The van der Waals surface area contributed by atoms with Gasteiger partial charge in [0.1, 0.15) is 5.75 Å². The maximum Gasteiger partial charge on any atom is 0.316 e. The van der Waals surface area contributed by atoms with E-state index in [9.17, 15) is 9.59 Å². The molecule has 0 fully saturated rings. The number of rotatable bonds is 1. The van der Waals surface area contributed by atoms with Crippen molar-refractivity contribution in [3.63, 3.8) is 0 Å². The van der Waals surface area contributed by atoms with Gasteiger partial charge < -0.3 is 21.1 Å². The SMILES string of the molecule is CC1Oc2ccc(NC(N)=O)cc2NC1=O. The topological polar surface area (TPSA) is 93.4 Å². The number of carbonyl (C=O) groups is 2. The normalized spacial score (nSPS) is 18.1. The highest BCUT2D eigenvalue weighted by atomic mass is 16.5. The summed E-state index contributed by atoms with van der Waals surface area (Å²) in [6.07, 6.45) is -0.512. The molecule has 0 radical (unpaired) electrons. The van der Waals surface area contributed by atoms with Crippen molar-refractivity contribution in [2.45, 2.75) is 13.0 Å². The summed E-state index contributed by atoms with van der Waals surface area (Å²) in [5.41, 5.74) is 6.01. The molecule has 1 aliphatic rings. The Balaban J connectivity index is 2.29. The smallest absolute Gasteiger partial charge is 0.316 e. The number of primary amides is 1. The van der Waals surface area contributed by atoms with E-state index in [4.69, 9.17) is 10.5 Å². The van der Waals surface area contributed by atoms with Gasteiger partial charge in [-0.1, -0.05) is 0 Å². The second-order valence-electron chi connectivity index (χ2n) is 3.45. The Hall–Kier alpha value is -2.24. The van der Waals surface area contributed by atoms with Crippen LogP contribution in [-0.4, -0.2) is 18.0 Å². The van der Waals surface area contributed by atoms with Gasteiger partial charge in [0.15, 0.2) is 6.10 Å². The molecule has 1 heterocycles. The number of ether oxygens (including phenoxy) is 1. The molecule has 6 heteroatoms. The molecule has 84 valence electrons. The maximum absolute atomic E-state index is 11.3. The third-order valence-electron chi connectivity index (χ3n) is 2.18. The summed E-state index contributed by atoms with van der Waals surface area (Å²) in [6, 6.07) is 4.24. The first-order valence-electron chi connectivity index (χ1n) is 4.74. The summed E-state index contributed by atoms with van der Waals surface area (Å²) >= 11 is 0. The molecule has 0 spiro atoms. The number of benzene rings is 1. The van der Waals surface area contributed by atoms with E-state index >= 15 is 0 Å². The van der Waals surface area contributed by atoms with E-state index in [2.05, 4.69) is 10.6 Å². The Morgan fingerprint density at radius 1 is 1.56 bits per heavy atom. The van der Waals surface area contributed by atoms with Crippen LogP contribution in [0.25, 0.3) is 0 Å². The predicted octanol–water partition coefficient (Wildman–Crippen LogP) is 0.897. The zero-order chi connectivity index (χ0) is 11.7. The van der Waals surface area contributed by atoms with Crippen molar-refractivity contribution < 1.29 is 14.3 Å². The van der Waals surface area contributed by atoms with Gasteiger partial charge in [-0.25, -0.2) is 4.79 Å². The number of fused-ring (bicyclic) bond motifs is 1. The second-order valence-corrected chi connectivity index (χ2v) is 3.45. The third kappa shape index (κ3) is 1.90. The average Bonchev–Trinajstić information content (AvgIpc) is 2.19. The maximum atomic E-state index is 11.3. The van der Waals surface area contributed by atoms with Crippen molar-refractivity contribution in [1.29, 1.82) is 0 Å². The average molecular weight is 221 g/mol. The van der Waals surface area contributed by atoms with Crippen LogP contribution in [0, 0.1) is 0 Å². The number of anilines is 2. The molecule has 1 aromatic carbocycles. The van der Waals surface area contributed by atoms with Crippen molar-refractivity contribution in [3.05, 3.63) is 18.2 Å². The highest BCUT2D eigenvalue weighted by Crippen LogP contribution is 2.31. The molecule has 4 N–H and O–H groups in total. The third-order valence-corrected chi connectivity index (χ3v) is 2.18. The molecule has 3 amide bonds. The molecule has 0 aliphatic carbocycles. The first kappa shape index (κ1) is 10.3. The number of urea groups is 1. The van der Waals surface area contributed by atoms with Crippen LogP contribution in [0.2, 0.25) is 0 Å². The van der Waals surface area contributed by atoms with E-state index in [0.29, 0.717) is 17.1 Å². The minimum absolute atomic E-state index is 0.219. The van der Waals surface area contributed by atoms with Crippen molar-refractivity contribution >= 4 is 23.3 Å². The Morgan fingerprint density at radius 3 is 3.00 bits per heavy atom. The minimum atomic E-state index is -0.656. The van der Waals surface area contributed by atoms with Gasteiger partial charge in [0.2, 0.25) is 0 Å². The van der Waals surface area contributed by atoms with Crippen molar-refractivity contribution in [1.82, 2.24) is 0 Å². The number of nitrogens with two attached hydrogens (primary N) is 1. The van der Waals surface area contributed by atoms with Crippen LogP contribution in [-0.2, 0) is 4.79 Å². The lowest BCUT2D eigenvalue weighted by atomic mass is 10.2. The lowest BCUT2D eigenvalue weighted by Gasteiger charge is -2.23. The van der Waals surface area contributed by atoms with E-state index in [-0.39, 0.29) is 5.91 Å². The van der Waals surface area contributed by atoms with Crippen LogP contribution in [0.1, 0.15) is 6.92 Å². The zero-order valence-electron chi connectivity index (χ0n) is 8.61. The van der Waals surface area contributed by atoms with E-state index < -0.39 is 12.1 Å². The molecule has 1 atom stereocenters. The van der Waals surface area contributed by atoms with E-state index in [0.717, 1.165) is 0 Å². The molecular weight excluding hydrogens is 210 g/mol. The largest absolute Gasteiger partial charge is 0.479 e. The molecule has 0 aromatic heterocycles. The van der Waals surface area contributed by atoms with Gasteiger partial charge in [0, 0.05) is 5.69 Å². The fourth-order valence-corrected chi connectivity index (χ4v) is 1.43. The van der Waals surface area contributed by atoms with Gasteiger partial charge in [-0.2, -0.15) is 0 Å². The number of amides is 3. The fraction of sp³-hybridized carbons (Fsp3) is 0.200. The molecule has 1 unspecified atom stereocenters. The molecule has 1 aliphatic heterocycles. The summed E-state index contributed by atoms with van der Waals surface area (Å²) in [6.45, 7) is 1.66. The summed E-state index contributed by atoms with van der Waals surface area (Å²) < 4.78 is 5.35. The van der Waals surface area contributed by atoms with E-state index in [1.165, 1.54) is 0 Å². The zero-order valence-corrected chi connectivity index (χ0v) is 8.61. The molecule has 1 aromatic rings. The Bertz CT molecular complexity index is 459. The first-order valence-corrected chi connectivity index (χ1v) is 4.74. The van der Waals surface area contributed by atoms with Gasteiger partial charge in [-0.05, 0) is 25.1 Å². The van der Waals surface area contributed by atoms with E-state index in [1.807, 2.05) is 0 Å². The number of carbonyl (C=O) groups excluding carboxylic acids is 2. The lowest BCUT2D eigenvalue weighted by molar-refractivity contribution is -0.122. The number of nitrogens with one attached hydrogen (secondary N) is 2. The molecule has 6 nitrogen and oxygen atoms in total. The van der Waals surface area contributed by atoms with Gasteiger partial charge in [0.25, 0.3) is 5.91 Å². The molecule has 2 rings (SSSR count). The highest BCUT2D eigenvalue weighted by molar-refractivity contribution is 5.98. The van der Waals surface area contributed by atoms with E-state index in [1.54, 1.807) is 25.1 Å². The van der Waals surface area contributed by atoms with Crippen LogP contribution in [0.3, 0.4) is 0 Å². The molecular formula is C10H11N3O3. The van der Waals surface area contributed by atoms with Gasteiger partial charge in [-0.15, -0.1) is 0 Å². The second kappa shape index (κ2) is 3.73. The predicted molar refractivity (Wildman–Crippen MR) is 58.4 cm³/mol. The quantitative estimate of drug-likeness (QED) is 0.657. The van der Waals surface area contributed by atoms with Crippen molar-refractivity contribution in [2.75, 3.05) is 10.6 Å². The van der Waals surface area contributed by atoms with Gasteiger partial charge in [0.05, 0.1) is 5.69 Å². The Kier molecular flexibility index (Phi) is 2.40. The molecule has 0 bridgehead atoms. The Morgan fingerprint density at radius 2 is 2.31 bits per heavy atom. The first-order chi connectivity index (χ1) is 7.56. The molecule has 16 heavy (non-hydrogen) atoms. The fourth-order valence-electron chi connectivity index (χ4n) is 1.43. The van der Waals surface area contributed by atoms with Crippen molar-refractivity contribution in [3.8, 4) is 5.75 Å². The molecule has 0 saturated heterocycles. The van der Waals surface area contributed by atoms with Crippen LogP contribution in [0.4, 0.5) is 16.2 Å². The monoisotopic (exact) mass is 221 g/mol. The van der Waals surface area contributed by atoms with Crippen molar-refractivity contribution in [2.24, 2.45) is 5.73 Å². The summed E-state index contributed by atoms with van der Waals surface area (Å²) in [5.74, 6) is 0.353. The Labute approximate surface area is 91.8 Å². The molecule has 0 saturated carbocycles. The number of hydrogen-bond donors (Lipinski definition) is 3. The van der Waals surface area contributed by atoms with Gasteiger partial charge in [-0.3, -0.25) is 4.79 Å². The standard InChI is InChI=1S/C10H11N3O3/c1-5-9(14)13-7-4-6(12-10(11)15)2-3-8(7)16-5/h2-5H,1H3,(H,13,14)(H3,11,12,15). The summed E-state index contributed by atoms with van der Waals surface area (Å²) in [7, 11) is 0. The lowest BCUT2D eigenvalue weighted by Crippen LogP contribution is -2.34. The summed E-state index contributed by atoms with van der Waals surface area (Å²) in [4.78, 5) is 22.0.